The summed E-state index contributed by atoms with van der Waals surface area (Å²) in [6.07, 6.45) is 0. The van der Waals surface area contributed by atoms with Gasteiger partial charge in [0.25, 0.3) is 0 Å². The smallest absolute Gasteiger partial charge is 0.196 e. The molecule has 0 atom stereocenters. The Hall–Kier alpha value is -1.83. The summed E-state index contributed by atoms with van der Waals surface area (Å²) in [7, 11) is 0. The number of hydrogen-bond donors (Lipinski definition) is 0. The van der Waals surface area contributed by atoms with Gasteiger partial charge in [-0.1, -0.05) is 38.1 Å². The zero-order valence-electron chi connectivity index (χ0n) is 11.3. The first-order valence-electron chi connectivity index (χ1n) is 6.20. The Kier molecular flexibility index (Phi) is 3.37. The van der Waals surface area contributed by atoms with Crippen molar-refractivity contribution in [3.05, 3.63) is 58.5 Å². The number of furan rings is 1. The van der Waals surface area contributed by atoms with Crippen molar-refractivity contribution in [2.24, 2.45) is 0 Å². The molecule has 2 nitrogen and oxygen atoms in total. The van der Waals surface area contributed by atoms with Crippen LogP contribution in [0.4, 0.5) is 0 Å². The lowest BCUT2D eigenvalue weighted by molar-refractivity contribution is 0.103. The molecule has 0 radical (unpaired) electrons. The Morgan fingerprint density at radius 3 is 2.17 bits per heavy atom. The quantitative estimate of drug-likeness (QED) is 0.753. The highest BCUT2D eigenvalue weighted by Crippen LogP contribution is 2.20. The molecule has 18 heavy (non-hydrogen) atoms. The van der Waals surface area contributed by atoms with Crippen LogP contribution in [0.2, 0.25) is 0 Å². The molecule has 0 bridgehead atoms. The largest absolute Gasteiger partial charge is 0.466 e. The summed E-state index contributed by atoms with van der Waals surface area (Å²) in [6, 6.07) is 9.60. The van der Waals surface area contributed by atoms with Gasteiger partial charge in [0.2, 0.25) is 0 Å². The van der Waals surface area contributed by atoms with Gasteiger partial charge in [0.15, 0.2) is 5.78 Å². The number of hydrogen-bond acceptors (Lipinski definition) is 2. The van der Waals surface area contributed by atoms with E-state index in [1.165, 1.54) is 5.56 Å². The number of rotatable bonds is 3. The van der Waals surface area contributed by atoms with Gasteiger partial charge in [-0.05, 0) is 31.4 Å². The minimum atomic E-state index is 0.0275. The van der Waals surface area contributed by atoms with E-state index < -0.39 is 0 Å². The van der Waals surface area contributed by atoms with Crippen molar-refractivity contribution in [1.29, 1.82) is 0 Å². The zero-order chi connectivity index (χ0) is 13.3. The van der Waals surface area contributed by atoms with Gasteiger partial charge in [-0.25, -0.2) is 0 Å². The predicted octanol–water partition coefficient (Wildman–Crippen LogP) is 4.25. The molecule has 0 unspecified atom stereocenters. The van der Waals surface area contributed by atoms with E-state index in [-0.39, 0.29) is 5.78 Å². The van der Waals surface area contributed by atoms with Crippen LogP contribution in [-0.4, -0.2) is 5.78 Å². The minimum absolute atomic E-state index is 0.0275. The molecule has 0 spiro atoms. The highest BCUT2D eigenvalue weighted by Gasteiger charge is 2.15. The molecule has 2 rings (SSSR count). The summed E-state index contributed by atoms with van der Waals surface area (Å²) < 4.78 is 5.40. The Balaban J connectivity index is 2.32. The van der Waals surface area contributed by atoms with Crippen LogP contribution in [0.5, 0.6) is 0 Å². The van der Waals surface area contributed by atoms with Gasteiger partial charge in [0, 0.05) is 5.56 Å². The minimum Gasteiger partial charge on any atom is -0.466 e. The summed E-state index contributed by atoms with van der Waals surface area (Å²) in [4.78, 5) is 12.3. The molecule has 2 heteroatoms. The topological polar surface area (TPSA) is 30.2 Å². The zero-order valence-corrected chi connectivity index (χ0v) is 11.3. The lowest BCUT2D eigenvalue weighted by Crippen LogP contribution is -2.01. The fraction of sp³-hybridized carbons (Fsp3) is 0.312. The van der Waals surface area contributed by atoms with E-state index >= 15 is 0 Å². The summed E-state index contributed by atoms with van der Waals surface area (Å²) >= 11 is 0. The van der Waals surface area contributed by atoms with E-state index in [1.807, 2.05) is 38.1 Å². The van der Waals surface area contributed by atoms with Crippen LogP contribution >= 0.6 is 0 Å². The monoisotopic (exact) mass is 242 g/mol. The summed E-state index contributed by atoms with van der Waals surface area (Å²) in [6.45, 7) is 7.95. The van der Waals surface area contributed by atoms with Crippen molar-refractivity contribution < 1.29 is 9.21 Å². The van der Waals surface area contributed by atoms with E-state index in [0.717, 1.165) is 5.76 Å². The van der Waals surface area contributed by atoms with Crippen LogP contribution in [-0.2, 0) is 0 Å². The number of ketones is 1. The maximum atomic E-state index is 12.3. The average Bonchev–Trinajstić information content (AvgIpc) is 2.67. The normalized spacial score (nSPS) is 10.9. The number of aryl methyl sites for hydroxylation is 2. The van der Waals surface area contributed by atoms with Crippen molar-refractivity contribution >= 4 is 5.78 Å². The molecule has 1 aromatic carbocycles. The van der Waals surface area contributed by atoms with Crippen LogP contribution < -0.4 is 0 Å². The molecule has 2 aromatic rings. The third kappa shape index (κ3) is 2.37. The number of carbonyl (C=O) groups is 1. The lowest BCUT2D eigenvalue weighted by Gasteiger charge is -2.06. The maximum absolute atomic E-state index is 12.3. The van der Waals surface area contributed by atoms with Crippen LogP contribution in [0, 0.1) is 13.8 Å². The van der Waals surface area contributed by atoms with Gasteiger partial charge in [0.05, 0.1) is 5.56 Å². The third-order valence-corrected chi connectivity index (χ3v) is 3.13. The molecular formula is C16H18O2. The SMILES string of the molecule is Cc1cc(C(=O)c2ccc(C(C)C)cc2)c(C)o1. The van der Waals surface area contributed by atoms with E-state index in [2.05, 4.69) is 13.8 Å². The van der Waals surface area contributed by atoms with Gasteiger partial charge in [-0.3, -0.25) is 4.79 Å². The molecule has 1 heterocycles. The first-order chi connectivity index (χ1) is 8.49. The van der Waals surface area contributed by atoms with Gasteiger partial charge >= 0.3 is 0 Å². The standard InChI is InChI=1S/C16H18O2/c1-10(2)13-5-7-14(8-6-13)16(17)15-9-11(3)18-12(15)4/h5-10H,1-4H3. The van der Waals surface area contributed by atoms with Gasteiger partial charge in [-0.15, -0.1) is 0 Å². The lowest BCUT2D eigenvalue weighted by atomic mass is 9.98. The van der Waals surface area contributed by atoms with Crippen LogP contribution in [0.15, 0.2) is 34.7 Å². The summed E-state index contributed by atoms with van der Waals surface area (Å²) in [5.41, 5.74) is 2.61. The molecule has 1 aromatic heterocycles. The van der Waals surface area contributed by atoms with Crippen LogP contribution in [0.1, 0.15) is 52.8 Å². The molecule has 94 valence electrons. The fourth-order valence-electron chi connectivity index (χ4n) is 2.03. The van der Waals surface area contributed by atoms with Crippen molar-refractivity contribution in [3.63, 3.8) is 0 Å². The number of benzene rings is 1. The summed E-state index contributed by atoms with van der Waals surface area (Å²) in [5, 5.41) is 0. The molecule has 0 aliphatic carbocycles. The molecule has 0 aliphatic heterocycles. The highest BCUT2D eigenvalue weighted by molar-refractivity contribution is 6.09. The van der Waals surface area contributed by atoms with Crippen molar-refractivity contribution in [2.45, 2.75) is 33.6 Å². The Morgan fingerprint density at radius 1 is 1.11 bits per heavy atom. The Morgan fingerprint density at radius 2 is 1.72 bits per heavy atom. The molecule has 0 N–H and O–H groups in total. The highest BCUT2D eigenvalue weighted by atomic mass is 16.3. The van der Waals surface area contributed by atoms with Gasteiger partial charge in [0.1, 0.15) is 11.5 Å². The molecule has 0 fully saturated rings. The number of carbonyl (C=O) groups excluding carboxylic acids is 1. The van der Waals surface area contributed by atoms with Crippen molar-refractivity contribution in [3.8, 4) is 0 Å². The van der Waals surface area contributed by atoms with Crippen LogP contribution in [0.3, 0.4) is 0 Å². The van der Waals surface area contributed by atoms with E-state index in [0.29, 0.717) is 22.8 Å². The van der Waals surface area contributed by atoms with Gasteiger partial charge in [-0.2, -0.15) is 0 Å². The Labute approximate surface area is 108 Å². The second-order valence-corrected chi connectivity index (χ2v) is 4.93. The maximum Gasteiger partial charge on any atom is 0.196 e. The van der Waals surface area contributed by atoms with Crippen LogP contribution in [0.25, 0.3) is 0 Å². The van der Waals surface area contributed by atoms with E-state index in [1.54, 1.807) is 6.07 Å². The fourth-order valence-corrected chi connectivity index (χ4v) is 2.03. The average molecular weight is 242 g/mol. The first kappa shape index (κ1) is 12.6. The summed E-state index contributed by atoms with van der Waals surface area (Å²) in [5.74, 6) is 1.96. The van der Waals surface area contributed by atoms with E-state index in [4.69, 9.17) is 4.42 Å². The van der Waals surface area contributed by atoms with Crippen molar-refractivity contribution in [2.75, 3.05) is 0 Å². The molecule has 0 amide bonds. The van der Waals surface area contributed by atoms with Gasteiger partial charge < -0.3 is 4.42 Å². The second kappa shape index (κ2) is 4.81. The van der Waals surface area contributed by atoms with E-state index in [9.17, 15) is 4.79 Å². The Bertz CT molecular complexity index is 559. The molecular weight excluding hydrogens is 224 g/mol. The second-order valence-electron chi connectivity index (χ2n) is 4.93. The molecule has 0 saturated carbocycles. The molecule has 0 aliphatic rings. The molecule has 0 saturated heterocycles. The third-order valence-electron chi connectivity index (χ3n) is 3.13. The predicted molar refractivity (Wildman–Crippen MR) is 72.1 cm³/mol. The van der Waals surface area contributed by atoms with Crippen molar-refractivity contribution in [1.82, 2.24) is 0 Å². The first-order valence-corrected chi connectivity index (χ1v) is 6.20.